The molecule has 0 spiro atoms. The van der Waals surface area contributed by atoms with Crippen LogP contribution in [0.15, 0.2) is 4.99 Å². The summed E-state index contributed by atoms with van der Waals surface area (Å²) in [6, 6.07) is 0. The maximum atomic E-state index is 8.08. The molecule has 0 aliphatic heterocycles. The Morgan fingerprint density at radius 1 is 1.83 bits per heavy atom. The molecule has 0 saturated carbocycles. The summed E-state index contributed by atoms with van der Waals surface area (Å²) in [4.78, 5) is 3.72. The average molecular weight is 87.1 g/mol. The fourth-order valence-corrected chi connectivity index (χ4v) is 0.187. The van der Waals surface area contributed by atoms with Crippen molar-refractivity contribution in [3.05, 3.63) is 0 Å². The van der Waals surface area contributed by atoms with E-state index in [9.17, 15) is 0 Å². The van der Waals surface area contributed by atoms with Gasteiger partial charge in [0, 0.05) is 0 Å². The second-order valence-electron chi connectivity index (χ2n) is 0.888. The first-order valence-electron chi connectivity index (χ1n) is 1.97. The molecule has 0 radical (unpaired) electrons. The summed E-state index contributed by atoms with van der Waals surface area (Å²) in [5.74, 6) is 0. The maximum Gasteiger partial charge on any atom is 0.0626 e. The van der Waals surface area contributed by atoms with Crippen LogP contribution in [0.1, 0.15) is 6.92 Å². The highest BCUT2D eigenvalue weighted by Gasteiger charge is 1.65. The molecular formula is C4H9NO. The van der Waals surface area contributed by atoms with Crippen LogP contribution in [0.25, 0.3) is 0 Å². The smallest absolute Gasteiger partial charge is 0.0626 e. The first kappa shape index (κ1) is 5.63. The summed E-state index contributed by atoms with van der Waals surface area (Å²) < 4.78 is 0. The lowest BCUT2D eigenvalue weighted by Crippen LogP contribution is -1.84. The Balaban J connectivity index is 2.66. The van der Waals surface area contributed by atoms with Crippen LogP contribution >= 0.6 is 0 Å². The molecule has 6 heavy (non-hydrogen) atoms. The van der Waals surface area contributed by atoms with E-state index in [0.717, 1.165) is 0 Å². The highest BCUT2D eigenvalue weighted by Crippen LogP contribution is 1.60. The third-order valence-electron chi connectivity index (χ3n) is 0.412. The van der Waals surface area contributed by atoms with Crippen molar-refractivity contribution in [2.45, 2.75) is 6.92 Å². The summed E-state index contributed by atoms with van der Waals surface area (Å²) in [6.07, 6.45) is 1.68. The van der Waals surface area contributed by atoms with Crippen molar-refractivity contribution in [2.24, 2.45) is 4.99 Å². The Hall–Kier alpha value is -0.370. The molecule has 1 N–H and O–H groups in total. The number of hydrogen-bond donors (Lipinski definition) is 1. The molecule has 0 atom stereocenters. The van der Waals surface area contributed by atoms with Gasteiger partial charge in [0.15, 0.2) is 0 Å². The zero-order valence-electron chi connectivity index (χ0n) is 3.89. The SMILES string of the molecule is C/C=N/CCO. The minimum absolute atomic E-state index is 0.157. The number of rotatable bonds is 2. The molecule has 36 valence electrons. The van der Waals surface area contributed by atoms with Gasteiger partial charge in [-0.05, 0) is 13.1 Å². The zero-order valence-corrected chi connectivity index (χ0v) is 3.89. The van der Waals surface area contributed by atoms with Crippen LogP contribution in [0.3, 0.4) is 0 Å². The Bertz CT molecular complexity index is 42.8. The van der Waals surface area contributed by atoms with Crippen molar-refractivity contribution in [3.63, 3.8) is 0 Å². The molecule has 0 aromatic carbocycles. The van der Waals surface area contributed by atoms with E-state index < -0.39 is 0 Å². The van der Waals surface area contributed by atoms with E-state index in [-0.39, 0.29) is 6.61 Å². The normalized spacial score (nSPS) is 10.3. The second-order valence-corrected chi connectivity index (χ2v) is 0.888. The van der Waals surface area contributed by atoms with E-state index in [0.29, 0.717) is 6.54 Å². The fourth-order valence-electron chi connectivity index (χ4n) is 0.187. The number of hydrogen-bond acceptors (Lipinski definition) is 2. The van der Waals surface area contributed by atoms with Gasteiger partial charge in [0.2, 0.25) is 0 Å². The summed E-state index contributed by atoms with van der Waals surface area (Å²) in [6.45, 7) is 2.52. The van der Waals surface area contributed by atoms with Gasteiger partial charge in [-0.15, -0.1) is 0 Å². The second kappa shape index (κ2) is 4.63. The van der Waals surface area contributed by atoms with E-state index in [1.54, 1.807) is 6.21 Å². The molecule has 0 bridgehead atoms. The molecule has 2 nitrogen and oxygen atoms in total. The van der Waals surface area contributed by atoms with Gasteiger partial charge in [0.05, 0.1) is 13.2 Å². The Morgan fingerprint density at radius 3 is 2.67 bits per heavy atom. The van der Waals surface area contributed by atoms with E-state index in [4.69, 9.17) is 5.11 Å². The molecule has 0 unspecified atom stereocenters. The highest BCUT2D eigenvalue weighted by atomic mass is 16.3. The molecule has 0 aliphatic rings. The average Bonchev–Trinajstić information content (AvgIpc) is 1.61. The van der Waals surface area contributed by atoms with Gasteiger partial charge in [-0.2, -0.15) is 0 Å². The van der Waals surface area contributed by atoms with Gasteiger partial charge >= 0.3 is 0 Å². The minimum atomic E-state index is 0.157. The molecule has 0 saturated heterocycles. The molecule has 0 aliphatic carbocycles. The van der Waals surface area contributed by atoms with Gasteiger partial charge in [-0.3, -0.25) is 4.99 Å². The molecule has 0 aromatic rings. The van der Waals surface area contributed by atoms with E-state index in [1.165, 1.54) is 0 Å². The van der Waals surface area contributed by atoms with Gasteiger partial charge < -0.3 is 5.11 Å². The first-order valence-corrected chi connectivity index (χ1v) is 1.97. The molecular weight excluding hydrogens is 78.0 g/mol. The summed E-state index contributed by atoms with van der Waals surface area (Å²) in [5, 5.41) is 8.08. The lowest BCUT2D eigenvalue weighted by molar-refractivity contribution is 0.307. The monoisotopic (exact) mass is 87.1 g/mol. The van der Waals surface area contributed by atoms with Crippen molar-refractivity contribution in [1.82, 2.24) is 0 Å². The number of aliphatic imine (C=N–C) groups is 1. The lowest BCUT2D eigenvalue weighted by Gasteiger charge is -1.78. The standard InChI is InChI=1S/C4H9NO/c1-2-5-3-4-6/h2,6H,3-4H2,1H3/b5-2+. The van der Waals surface area contributed by atoms with Gasteiger partial charge in [-0.25, -0.2) is 0 Å². The number of aliphatic hydroxyl groups is 1. The predicted molar refractivity (Wildman–Crippen MR) is 26.1 cm³/mol. The molecule has 0 aromatic heterocycles. The molecule has 2 heteroatoms. The van der Waals surface area contributed by atoms with Crippen LogP contribution in [0.4, 0.5) is 0 Å². The van der Waals surface area contributed by atoms with Gasteiger partial charge in [0.1, 0.15) is 0 Å². The predicted octanol–water partition coefficient (Wildman–Crippen LogP) is 0.0694. The Labute approximate surface area is 37.5 Å². The zero-order chi connectivity index (χ0) is 4.83. The Morgan fingerprint density at radius 2 is 2.50 bits per heavy atom. The molecule has 0 heterocycles. The van der Waals surface area contributed by atoms with Crippen molar-refractivity contribution in [1.29, 1.82) is 0 Å². The van der Waals surface area contributed by atoms with Crippen LogP contribution in [0.2, 0.25) is 0 Å². The van der Waals surface area contributed by atoms with Gasteiger partial charge in [0.25, 0.3) is 0 Å². The van der Waals surface area contributed by atoms with E-state index in [1.807, 2.05) is 6.92 Å². The van der Waals surface area contributed by atoms with Crippen molar-refractivity contribution in [2.75, 3.05) is 13.2 Å². The molecule has 0 rings (SSSR count). The van der Waals surface area contributed by atoms with Crippen molar-refractivity contribution < 1.29 is 5.11 Å². The number of nitrogens with zero attached hydrogens (tertiary/aromatic N) is 1. The van der Waals surface area contributed by atoms with Crippen LogP contribution in [-0.4, -0.2) is 24.5 Å². The van der Waals surface area contributed by atoms with E-state index >= 15 is 0 Å². The molecule has 0 amide bonds. The summed E-state index contributed by atoms with van der Waals surface area (Å²) in [7, 11) is 0. The maximum absolute atomic E-state index is 8.08. The largest absolute Gasteiger partial charge is 0.394 e. The summed E-state index contributed by atoms with van der Waals surface area (Å²) in [5.41, 5.74) is 0. The van der Waals surface area contributed by atoms with Crippen molar-refractivity contribution in [3.8, 4) is 0 Å². The fraction of sp³-hybridized carbons (Fsp3) is 0.750. The lowest BCUT2D eigenvalue weighted by atomic mass is 10.7. The third kappa shape index (κ3) is 3.63. The van der Waals surface area contributed by atoms with Crippen LogP contribution in [0, 0.1) is 0 Å². The molecule has 0 fully saturated rings. The quantitative estimate of drug-likeness (QED) is 0.475. The first-order chi connectivity index (χ1) is 2.91. The van der Waals surface area contributed by atoms with E-state index in [2.05, 4.69) is 4.99 Å². The topological polar surface area (TPSA) is 32.6 Å². The number of aliphatic hydroxyl groups excluding tert-OH is 1. The van der Waals surface area contributed by atoms with Crippen LogP contribution < -0.4 is 0 Å². The summed E-state index contributed by atoms with van der Waals surface area (Å²) >= 11 is 0. The van der Waals surface area contributed by atoms with Crippen molar-refractivity contribution >= 4 is 6.21 Å². The van der Waals surface area contributed by atoms with Gasteiger partial charge in [-0.1, -0.05) is 0 Å². The van der Waals surface area contributed by atoms with Crippen LogP contribution in [0.5, 0.6) is 0 Å². The van der Waals surface area contributed by atoms with Crippen LogP contribution in [-0.2, 0) is 0 Å². The third-order valence-corrected chi connectivity index (χ3v) is 0.412. The highest BCUT2D eigenvalue weighted by molar-refractivity contribution is 5.53. The minimum Gasteiger partial charge on any atom is -0.394 e. The Kier molecular flexibility index (Phi) is 4.34.